The first-order chi connectivity index (χ1) is 5.18. The van der Waals surface area contributed by atoms with E-state index in [1.54, 1.807) is 0 Å². The van der Waals surface area contributed by atoms with Gasteiger partial charge in [-0.1, -0.05) is 0 Å². The van der Waals surface area contributed by atoms with E-state index in [2.05, 4.69) is 9.68 Å². The summed E-state index contributed by atoms with van der Waals surface area (Å²) < 4.78 is 4.32. The van der Waals surface area contributed by atoms with Gasteiger partial charge >= 0.3 is 11.6 Å². The van der Waals surface area contributed by atoms with Crippen molar-refractivity contribution in [1.29, 1.82) is 0 Å². The van der Waals surface area contributed by atoms with Crippen LogP contribution >= 0.6 is 0 Å². The van der Waals surface area contributed by atoms with E-state index in [0.29, 0.717) is 12.1 Å². The van der Waals surface area contributed by atoms with Crippen molar-refractivity contribution < 1.29 is 14.4 Å². The first-order valence-corrected chi connectivity index (χ1v) is 3.07. The Morgan fingerprint density at radius 3 is 2.91 bits per heavy atom. The lowest BCUT2D eigenvalue weighted by Crippen LogP contribution is -1.97. The van der Waals surface area contributed by atoms with Gasteiger partial charge in [0, 0.05) is 12.5 Å². The average Bonchev–Trinajstić information content (AvgIpc) is 2.31. The van der Waals surface area contributed by atoms with Gasteiger partial charge in [-0.3, -0.25) is 4.79 Å². The minimum Gasteiger partial charge on any atom is -0.481 e. The highest BCUT2D eigenvalue weighted by molar-refractivity contribution is 5.66. The molecule has 0 atom stereocenters. The highest BCUT2D eigenvalue weighted by Gasteiger charge is 2.01. The summed E-state index contributed by atoms with van der Waals surface area (Å²) in [7, 11) is 0. The Balaban J connectivity index is 2.51. The van der Waals surface area contributed by atoms with Gasteiger partial charge in [-0.2, -0.15) is 0 Å². The molecule has 1 aromatic rings. The molecule has 0 unspecified atom stereocenters. The van der Waals surface area contributed by atoms with Crippen LogP contribution in [0.4, 0.5) is 0 Å². The molecule has 0 radical (unpaired) electrons. The normalized spacial score (nSPS) is 9.82. The van der Waals surface area contributed by atoms with Crippen molar-refractivity contribution in [1.82, 2.24) is 5.16 Å². The standard InChI is InChI=1S/C6H7NO4/c8-5(9)2-1-4-3-6(10)11-7-4/h3,7H,1-2H2,(H,8,9). The lowest BCUT2D eigenvalue weighted by atomic mass is 10.2. The molecule has 5 nitrogen and oxygen atoms in total. The maximum Gasteiger partial charge on any atom is 0.357 e. The number of nitrogens with one attached hydrogen (secondary N) is 1. The number of aliphatic carboxylic acids is 1. The van der Waals surface area contributed by atoms with E-state index >= 15 is 0 Å². The molecule has 0 fully saturated rings. The fraction of sp³-hybridized carbons (Fsp3) is 0.333. The highest BCUT2D eigenvalue weighted by atomic mass is 16.5. The first kappa shape index (κ1) is 7.59. The molecule has 0 saturated heterocycles. The predicted octanol–water partition coefficient (Wildman–Crippen LogP) is -0.0149. The summed E-state index contributed by atoms with van der Waals surface area (Å²) in [6, 6.07) is 1.24. The zero-order valence-electron chi connectivity index (χ0n) is 5.66. The van der Waals surface area contributed by atoms with Crippen LogP contribution in [0, 0.1) is 0 Å². The molecule has 1 aromatic heterocycles. The molecule has 0 aliphatic heterocycles. The molecule has 0 aliphatic rings. The van der Waals surface area contributed by atoms with Gasteiger partial charge in [-0.05, 0) is 0 Å². The van der Waals surface area contributed by atoms with Crippen LogP contribution in [0.2, 0.25) is 0 Å². The minimum atomic E-state index is -0.896. The number of aromatic amines is 1. The van der Waals surface area contributed by atoms with Gasteiger partial charge in [0.2, 0.25) is 0 Å². The quantitative estimate of drug-likeness (QED) is 0.646. The summed E-state index contributed by atoms with van der Waals surface area (Å²) in [5.41, 5.74) is 0.0304. The van der Waals surface area contributed by atoms with Crippen LogP contribution in [-0.4, -0.2) is 16.2 Å². The van der Waals surface area contributed by atoms with E-state index < -0.39 is 11.6 Å². The van der Waals surface area contributed by atoms with Crippen LogP contribution in [0.5, 0.6) is 0 Å². The Hall–Kier alpha value is -1.52. The second kappa shape index (κ2) is 3.05. The van der Waals surface area contributed by atoms with Gasteiger partial charge in [0.25, 0.3) is 0 Å². The van der Waals surface area contributed by atoms with Crippen LogP contribution in [0.1, 0.15) is 12.1 Å². The number of aryl methyl sites for hydroxylation is 1. The van der Waals surface area contributed by atoms with Crippen molar-refractivity contribution in [3.05, 3.63) is 22.2 Å². The zero-order valence-corrected chi connectivity index (χ0v) is 5.66. The molecular weight excluding hydrogens is 150 g/mol. The Kier molecular flexibility index (Phi) is 2.10. The summed E-state index contributed by atoms with van der Waals surface area (Å²) in [5, 5.41) is 10.6. The molecule has 0 aliphatic carbocycles. The van der Waals surface area contributed by atoms with Crippen molar-refractivity contribution in [2.24, 2.45) is 0 Å². The fourth-order valence-electron chi connectivity index (χ4n) is 0.682. The van der Waals surface area contributed by atoms with E-state index in [-0.39, 0.29) is 6.42 Å². The number of carboxylic acids is 1. The first-order valence-electron chi connectivity index (χ1n) is 3.07. The second-order valence-electron chi connectivity index (χ2n) is 2.09. The molecule has 11 heavy (non-hydrogen) atoms. The van der Waals surface area contributed by atoms with Gasteiger partial charge in [0.15, 0.2) is 0 Å². The molecule has 0 saturated carbocycles. The van der Waals surface area contributed by atoms with Gasteiger partial charge in [0.05, 0.1) is 12.1 Å². The topological polar surface area (TPSA) is 83.3 Å². The Morgan fingerprint density at radius 1 is 1.73 bits per heavy atom. The molecule has 0 aromatic carbocycles. The lowest BCUT2D eigenvalue weighted by Gasteiger charge is -1.88. The SMILES string of the molecule is O=C(O)CCc1cc(=O)o[nH]1. The number of carboxylic acid groups (broad SMARTS) is 1. The highest BCUT2D eigenvalue weighted by Crippen LogP contribution is 1.94. The van der Waals surface area contributed by atoms with E-state index in [4.69, 9.17) is 5.11 Å². The predicted molar refractivity (Wildman–Crippen MR) is 35.3 cm³/mol. The Labute approximate surface area is 61.6 Å². The Bertz CT molecular complexity index is 298. The monoisotopic (exact) mass is 157 g/mol. The smallest absolute Gasteiger partial charge is 0.357 e. The van der Waals surface area contributed by atoms with E-state index in [1.165, 1.54) is 6.07 Å². The number of rotatable bonds is 3. The van der Waals surface area contributed by atoms with Gasteiger partial charge in [0.1, 0.15) is 0 Å². The number of H-pyrrole nitrogens is 1. The average molecular weight is 157 g/mol. The zero-order chi connectivity index (χ0) is 8.27. The molecule has 0 amide bonds. The molecule has 60 valence electrons. The van der Waals surface area contributed by atoms with Crippen LogP contribution in [0.15, 0.2) is 15.4 Å². The van der Waals surface area contributed by atoms with Crippen molar-refractivity contribution >= 4 is 5.97 Å². The maximum atomic E-state index is 10.4. The summed E-state index contributed by atoms with van der Waals surface area (Å²) in [4.78, 5) is 20.4. The van der Waals surface area contributed by atoms with E-state index in [9.17, 15) is 9.59 Å². The van der Waals surface area contributed by atoms with Crippen molar-refractivity contribution in [3.63, 3.8) is 0 Å². The molecule has 0 spiro atoms. The molecular formula is C6H7NO4. The van der Waals surface area contributed by atoms with Crippen molar-refractivity contribution in [2.45, 2.75) is 12.8 Å². The molecule has 2 N–H and O–H groups in total. The van der Waals surface area contributed by atoms with Crippen LogP contribution < -0.4 is 5.63 Å². The summed E-state index contributed by atoms with van der Waals surface area (Å²) in [5.74, 6) is -0.896. The number of aromatic nitrogens is 1. The number of hydrogen-bond acceptors (Lipinski definition) is 3. The van der Waals surface area contributed by atoms with E-state index in [0.717, 1.165) is 0 Å². The molecule has 1 heterocycles. The van der Waals surface area contributed by atoms with Gasteiger partial charge < -0.3 is 9.63 Å². The number of hydrogen-bond donors (Lipinski definition) is 2. The maximum absolute atomic E-state index is 10.4. The Morgan fingerprint density at radius 2 is 2.45 bits per heavy atom. The third-order valence-corrected chi connectivity index (χ3v) is 1.18. The van der Waals surface area contributed by atoms with E-state index in [1.807, 2.05) is 0 Å². The van der Waals surface area contributed by atoms with Crippen molar-refractivity contribution in [2.75, 3.05) is 0 Å². The van der Waals surface area contributed by atoms with Crippen LogP contribution in [0.3, 0.4) is 0 Å². The molecule has 0 bridgehead atoms. The van der Waals surface area contributed by atoms with Gasteiger partial charge in [-0.15, -0.1) is 0 Å². The fourth-order valence-corrected chi connectivity index (χ4v) is 0.682. The third kappa shape index (κ3) is 2.29. The number of carbonyl (C=O) groups is 1. The lowest BCUT2D eigenvalue weighted by molar-refractivity contribution is -0.136. The largest absolute Gasteiger partial charge is 0.481 e. The summed E-state index contributed by atoms with van der Waals surface area (Å²) >= 11 is 0. The van der Waals surface area contributed by atoms with Crippen LogP contribution in [-0.2, 0) is 11.2 Å². The minimum absolute atomic E-state index is 0.00449. The van der Waals surface area contributed by atoms with Crippen LogP contribution in [0.25, 0.3) is 0 Å². The summed E-state index contributed by atoms with van der Waals surface area (Å²) in [6.07, 6.45) is 0.288. The molecule has 5 heteroatoms. The molecule has 1 rings (SSSR count). The summed E-state index contributed by atoms with van der Waals surface area (Å²) in [6.45, 7) is 0. The second-order valence-corrected chi connectivity index (χ2v) is 2.09. The van der Waals surface area contributed by atoms with Crippen molar-refractivity contribution in [3.8, 4) is 0 Å². The van der Waals surface area contributed by atoms with Gasteiger partial charge in [-0.25, -0.2) is 9.95 Å². The third-order valence-electron chi connectivity index (χ3n) is 1.18.